The van der Waals surface area contributed by atoms with Crippen molar-refractivity contribution in [2.24, 2.45) is 5.73 Å². The number of benzene rings is 1. The fraction of sp³-hybridized carbons (Fsp3) is 0.267. The number of methoxy groups -OCH3 is 1. The van der Waals surface area contributed by atoms with Gasteiger partial charge in [-0.25, -0.2) is 0 Å². The smallest absolute Gasteiger partial charge is 0.0566 e. The van der Waals surface area contributed by atoms with Crippen LogP contribution in [0.5, 0.6) is 0 Å². The molecule has 0 aliphatic carbocycles. The van der Waals surface area contributed by atoms with Gasteiger partial charge in [0.2, 0.25) is 0 Å². The van der Waals surface area contributed by atoms with Gasteiger partial charge in [-0.2, -0.15) is 0 Å². The van der Waals surface area contributed by atoms with Crippen molar-refractivity contribution in [2.75, 3.05) is 13.7 Å². The molecule has 2 N–H and O–H groups in total. The molecular weight excluding hydrogens is 224 g/mol. The molecule has 0 saturated heterocycles. The van der Waals surface area contributed by atoms with Crippen LogP contribution in [0.1, 0.15) is 22.7 Å². The number of hydrogen-bond donors (Lipinski definition) is 1. The molecule has 1 heterocycles. The summed E-state index contributed by atoms with van der Waals surface area (Å²) in [5, 5.41) is 0. The molecule has 0 fully saturated rings. The lowest BCUT2D eigenvalue weighted by Crippen LogP contribution is -2.12. The van der Waals surface area contributed by atoms with E-state index in [2.05, 4.69) is 29.2 Å². The van der Waals surface area contributed by atoms with Gasteiger partial charge in [-0.3, -0.25) is 4.98 Å². The van der Waals surface area contributed by atoms with Crippen molar-refractivity contribution in [1.82, 2.24) is 4.98 Å². The first-order valence-electron chi connectivity index (χ1n) is 6.04. The molecule has 0 aliphatic heterocycles. The van der Waals surface area contributed by atoms with Crippen LogP contribution in [0.2, 0.25) is 0 Å². The quantitative estimate of drug-likeness (QED) is 0.875. The fourth-order valence-corrected chi connectivity index (χ4v) is 1.86. The molecule has 0 radical (unpaired) electrons. The van der Waals surface area contributed by atoms with Crippen molar-refractivity contribution in [3.05, 3.63) is 65.5 Å². The SMILES string of the molecule is COCCc1ccc(C(N)c2cccnc2)cc1. The molecule has 2 aromatic rings. The summed E-state index contributed by atoms with van der Waals surface area (Å²) in [6.07, 6.45) is 4.49. The summed E-state index contributed by atoms with van der Waals surface area (Å²) in [4.78, 5) is 4.09. The van der Waals surface area contributed by atoms with E-state index in [0.29, 0.717) is 0 Å². The van der Waals surface area contributed by atoms with Crippen LogP contribution in [0.15, 0.2) is 48.8 Å². The maximum absolute atomic E-state index is 6.20. The lowest BCUT2D eigenvalue weighted by molar-refractivity contribution is 0.202. The second kappa shape index (κ2) is 6.28. The highest BCUT2D eigenvalue weighted by Crippen LogP contribution is 2.19. The zero-order valence-electron chi connectivity index (χ0n) is 10.5. The van der Waals surface area contributed by atoms with E-state index in [1.807, 2.05) is 18.3 Å². The van der Waals surface area contributed by atoms with Crippen LogP contribution < -0.4 is 5.73 Å². The molecule has 3 heteroatoms. The van der Waals surface area contributed by atoms with Crippen molar-refractivity contribution >= 4 is 0 Å². The first kappa shape index (κ1) is 12.7. The molecule has 0 amide bonds. The van der Waals surface area contributed by atoms with Gasteiger partial charge in [-0.1, -0.05) is 30.3 Å². The van der Waals surface area contributed by atoms with Crippen LogP contribution >= 0.6 is 0 Å². The zero-order valence-corrected chi connectivity index (χ0v) is 10.5. The Labute approximate surface area is 108 Å². The van der Waals surface area contributed by atoms with Crippen LogP contribution in [0, 0.1) is 0 Å². The van der Waals surface area contributed by atoms with E-state index in [1.54, 1.807) is 13.3 Å². The normalized spacial score (nSPS) is 12.3. The molecule has 0 saturated carbocycles. The standard InChI is InChI=1S/C15H18N2O/c1-18-10-8-12-4-6-13(7-5-12)15(16)14-3-2-9-17-11-14/h2-7,9,11,15H,8,10,16H2,1H3. The highest BCUT2D eigenvalue weighted by molar-refractivity contribution is 5.31. The number of ether oxygens (including phenoxy) is 1. The van der Waals surface area contributed by atoms with Crippen LogP contribution in [-0.2, 0) is 11.2 Å². The van der Waals surface area contributed by atoms with Gasteiger partial charge >= 0.3 is 0 Å². The van der Waals surface area contributed by atoms with Crippen LogP contribution in [-0.4, -0.2) is 18.7 Å². The average molecular weight is 242 g/mol. The molecular formula is C15H18N2O. The second-order valence-corrected chi connectivity index (χ2v) is 4.25. The van der Waals surface area contributed by atoms with E-state index in [4.69, 9.17) is 10.5 Å². The van der Waals surface area contributed by atoms with E-state index in [9.17, 15) is 0 Å². The highest BCUT2D eigenvalue weighted by Gasteiger charge is 2.08. The van der Waals surface area contributed by atoms with E-state index >= 15 is 0 Å². The van der Waals surface area contributed by atoms with Gasteiger partial charge in [0.15, 0.2) is 0 Å². The molecule has 1 aromatic carbocycles. The first-order chi connectivity index (χ1) is 8.81. The summed E-state index contributed by atoms with van der Waals surface area (Å²) < 4.78 is 5.06. The minimum atomic E-state index is -0.116. The average Bonchev–Trinajstić information content (AvgIpc) is 2.46. The Morgan fingerprint density at radius 2 is 1.94 bits per heavy atom. The summed E-state index contributed by atoms with van der Waals surface area (Å²) in [6.45, 7) is 0.744. The summed E-state index contributed by atoms with van der Waals surface area (Å²) in [5.74, 6) is 0. The van der Waals surface area contributed by atoms with Crippen molar-refractivity contribution in [1.29, 1.82) is 0 Å². The third-order valence-corrected chi connectivity index (χ3v) is 2.98. The molecule has 1 atom stereocenters. The predicted octanol–water partition coefficient (Wildman–Crippen LogP) is 2.32. The second-order valence-electron chi connectivity index (χ2n) is 4.25. The molecule has 18 heavy (non-hydrogen) atoms. The fourth-order valence-electron chi connectivity index (χ4n) is 1.86. The van der Waals surface area contributed by atoms with E-state index in [0.717, 1.165) is 24.2 Å². The van der Waals surface area contributed by atoms with Gasteiger partial charge in [0.25, 0.3) is 0 Å². The van der Waals surface area contributed by atoms with Crippen molar-refractivity contribution in [2.45, 2.75) is 12.5 Å². The molecule has 0 aliphatic rings. The highest BCUT2D eigenvalue weighted by atomic mass is 16.5. The van der Waals surface area contributed by atoms with Crippen LogP contribution in [0.4, 0.5) is 0 Å². The van der Waals surface area contributed by atoms with Gasteiger partial charge in [0, 0.05) is 19.5 Å². The summed E-state index contributed by atoms with van der Waals surface area (Å²) in [6, 6.07) is 12.1. The lowest BCUT2D eigenvalue weighted by Gasteiger charge is -2.12. The minimum Gasteiger partial charge on any atom is -0.384 e. The molecule has 3 nitrogen and oxygen atoms in total. The summed E-state index contributed by atoms with van der Waals surface area (Å²) in [7, 11) is 1.71. The van der Waals surface area contributed by atoms with Gasteiger partial charge in [0.1, 0.15) is 0 Å². The van der Waals surface area contributed by atoms with E-state index < -0.39 is 0 Å². The van der Waals surface area contributed by atoms with E-state index in [1.165, 1.54) is 5.56 Å². The number of hydrogen-bond acceptors (Lipinski definition) is 3. The Morgan fingerprint density at radius 1 is 1.17 bits per heavy atom. The van der Waals surface area contributed by atoms with Crippen LogP contribution in [0.25, 0.3) is 0 Å². The summed E-state index contributed by atoms with van der Waals surface area (Å²) in [5.41, 5.74) is 9.60. The number of aromatic nitrogens is 1. The maximum atomic E-state index is 6.20. The maximum Gasteiger partial charge on any atom is 0.0566 e. The molecule has 94 valence electrons. The van der Waals surface area contributed by atoms with Gasteiger partial charge in [0.05, 0.1) is 12.6 Å². The van der Waals surface area contributed by atoms with Crippen molar-refractivity contribution in [3.63, 3.8) is 0 Å². The summed E-state index contributed by atoms with van der Waals surface area (Å²) >= 11 is 0. The van der Waals surface area contributed by atoms with E-state index in [-0.39, 0.29) is 6.04 Å². The predicted molar refractivity (Wildman–Crippen MR) is 72.3 cm³/mol. The Morgan fingerprint density at radius 3 is 2.56 bits per heavy atom. The number of rotatable bonds is 5. The Balaban J connectivity index is 2.09. The number of nitrogens with two attached hydrogens (primary N) is 1. The largest absolute Gasteiger partial charge is 0.384 e. The van der Waals surface area contributed by atoms with Gasteiger partial charge in [-0.05, 0) is 29.2 Å². The number of nitrogens with zero attached hydrogens (tertiary/aromatic N) is 1. The molecule has 0 bridgehead atoms. The van der Waals surface area contributed by atoms with Crippen LogP contribution in [0.3, 0.4) is 0 Å². The van der Waals surface area contributed by atoms with Gasteiger partial charge < -0.3 is 10.5 Å². The third kappa shape index (κ3) is 3.15. The zero-order chi connectivity index (χ0) is 12.8. The lowest BCUT2D eigenvalue weighted by atomic mass is 9.99. The Hall–Kier alpha value is -1.71. The molecule has 2 rings (SSSR count). The minimum absolute atomic E-state index is 0.116. The Kier molecular flexibility index (Phi) is 4.45. The molecule has 1 aromatic heterocycles. The number of pyridine rings is 1. The topological polar surface area (TPSA) is 48.1 Å². The van der Waals surface area contributed by atoms with Crippen molar-refractivity contribution < 1.29 is 4.74 Å². The third-order valence-electron chi connectivity index (χ3n) is 2.98. The van der Waals surface area contributed by atoms with Gasteiger partial charge in [-0.15, -0.1) is 0 Å². The molecule has 0 spiro atoms. The molecule has 1 unspecified atom stereocenters. The van der Waals surface area contributed by atoms with Crippen molar-refractivity contribution in [3.8, 4) is 0 Å². The Bertz CT molecular complexity index is 468. The first-order valence-corrected chi connectivity index (χ1v) is 6.04. The monoisotopic (exact) mass is 242 g/mol.